The van der Waals surface area contributed by atoms with Crippen molar-refractivity contribution in [3.05, 3.63) is 33.8 Å². The molecule has 0 saturated carbocycles. The summed E-state index contributed by atoms with van der Waals surface area (Å²) in [5.74, 6) is 0.0539. The molecule has 1 aromatic carbocycles. The summed E-state index contributed by atoms with van der Waals surface area (Å²) in [7, 11) is 2.24. The molecule has 0 radical (unpaired) electrons. The summed E-state index contributed by atoms with van der Waals surface area (Å²) in [4.78, 5) is 15.1. The van der Waals surface area contributed by atoms with Crippen molar-refractivity contribution < 1.29 is 4.79 Å². The third kappa shape index (κ3) is 3.16. The predicted octanol–water partition coefficient (Wildman–Crippen LogP) is 3.50. The molecule has 21 heavy (non-hydrogen) atoms. The molecule has 3 rings (SSSR count). The third-order valence-corrected chi connectivity index (χ3v) is 5.73. The molecule has 0 aromatic heterocycles. The number of fused-ring (bicyclic) bond motifs is 2. The largest absolute Gasteiger partial charge is 0.349 e. The molecule has 0 spiro atoms. The van der Waals surface area contributed by atoms with Crippen LogP contribution >= 0.6 is 15.9 Å². The lowest BCUT2D eigenvalue weighted by Crippen LogP contribution is -2.55. The Hall–Kier alpha value is -0.870. The summed E-state index contributed by atoms with van der Waals surface area (Å²) in [5.41, 5.74) is 1.86. The quantitative estimate of drug-likeness (QED) is 0.885. The van der Waals surface area contributed by atoms with E-state index in [1.54, 1.807) is 0 Å². The van der Waals surface area contributed by atoms with Gasteiger partial charge in [-0.05, 0) is 67.7 Å². The predicted molar refractivity (Wildman–Crippen MR) is 88.6 cm³/mol. The molecule has 2 atom stereocenters. The van der Waals surface area contributed by atoms with Gasteiger partial charge < -0.3 is 10.2 Å². The molecule has 2 bridgehead atoms. The number of halogens is 1. The van der Waals surface area contributed by atoms with Crippen LogP contribution in [0, 0.1) is 6.92 Å². The van der Waals surface area contributed by atoms with E-state index in [0.717, 1.165) is 28.4 Å². The number of carbonyl (C=O) groups excluding carboxylic acids is 1. The highest BCUT2D eigenvalue weighted by Crippen LogP contribution is 2.32. The van der Waals surface area contributed by atoms with Crippen LogP contribution in [0.25, 0.3) is 0 Å². The van der Waals surface area contributed by atoms with Crippen LogP contribution in [-0.2, 0) is 0 Å². The van der Waals surface area contributed by atoms with Gasteiger partial charge in [0.05, 0.1) is 5.56 Å². The Balaban J connectivity index is 1.69. The topological polar surface area (TPSA) is 32.3 Å². The van der Waals surface area contributed by atoms with Crippen LogP contribution in [0.15, 0.2) is 22.7 Å². The maximum absolute atomic E-state index is 12.5. The van der Waals surface area contributed by atoms with Crippen LogP contribution in [0.4, 0.5) is 0 Å². The normalized spacial score (nSPS) is 29.2. The van der Waals surface area contributed by atoms with Crippen molar-refractivity contribution in [2.24, 2.45) is 0 Å². The van der Waals surface area contributed by atoms with E-state index in [0.29, 0.717) is 18.1 Å². The Kier molecular flexibility index (Phi) is 4.36. The van der Waals surface area contributed by atoms with Crippen LogP contribution in [0.3, 0.4) is 0 Å². The fourth-order valence-corrected chi connectivity index (χ4v) is 4.24. The zero-order valence-electron chi connectivity index (χ0n) is 12.7. The van der Waals surface area contributed by atoms with E-state index in [9.17, 15) is 4.79 Å². The van der Waals surface area contributed by atoms with Gasteiger partial charge in [0.25, 0.3) is 5.91 Å². The second-order valence-electron chi connectivity index (χ2n) is 6.53. The van der Waals surface area contributed by atoms with Gasteiger partial charge in [0.2, 0.25) is 0 Å². The second-order valence-corrected chi connectivity index (χ2v) is 7.38. The first-order chi connectivity index (χ1) is 10.0. The van der Waals surface area contributed by atoms with Gasteiger partial charge in [-0.2, -0.15) is 0 Å². The summed E-state index contributed by atoms with van der Waals surface area (Å²) >= 11 is 3.48. The number of rotatable bonds is 2. The van der Waals surface area contributed by atoms with Crippen LogP contribution in [0.2, 0.25) is 0 Å². The third-order valence-electron chi connectivity index (χ3n) is 5.04. The van der Waals surface area contributed by atoms with E-state index in [2.05, 4.69) is 33.2 Å². The molecule has 3 nitrogen and oxygen atoms in total. The number of amides is 1. The van der Waals surface area contributed by atoms with Crippen LogP contribution < -0.4 is 5.32 Å². The van der Waals surface area contributed by atoms with Crippen LogP contribution in [0.5, 0.6) is 0 Å². The van der Waals surface area contributed by atoms with Crippen molar-refractivity contribution in [2.45, 2.75) is 57.2 Å². The number of carbonyl (C=O) groups is 1. The van der Waals surface area contributed by atoms with Crippen molar-refractivity contribution in [1.29, 1.82) is 0 Å². The molecule has 1 N–H and O–H groups in total. The lowest BCUT2D eigenvalue weighted by atomic mass is 9.82. The van der Waals surface area contributed by atoms with Crippen LogP contribution in [-0.4, -0.2) is 36.0 Å². The van der Waals surface area contributed by atoms with E-state index in [1.165, 1.54) is 19.3 Å². The molecule has 0 aliphatic carbocycles. The van der Waals surface area contributed by atoms with Crippen molar-refractivity contribution in [2.75, 3.05) is 7.05 Å². The summed E-state index contributed by atoms with van der Waals surface area (Å²) < 4.78 is 0.874. The maximum atomic E-state index is 12.5. The van der Waals surface area contributed by atoms with Crippen LogP contribution in [0.1, 0.15) is 48.0 Å². The Morgan fingerprint density at radius 3 is 2.62 bits per heavy atom. The Bertz CT molecular complexity index is 532. The Morgan fingerprint density at radius 2 is 1.95 bits per heavy atom. The monoisotopic (exact) mass is 350 g/mol. The number of hydrogen-bond donors (Lipinski definition) is 1. The highest BCUT2D eigenvalue weighted by atomic mass is 79.9. The average molecular weight is 351 g/mol. The minimum absolute atomic E-state index is 0.0539. The number of nitrogens with one attached hydrogen (secondary N) is 1. The molecule has 2 aliphatic rings. The average Bonchev–Trinajstić information content (AvgIpc) is 2.42. The maximum Gasteiger partial charge on any atom is 0.252 e. The molecule has 1 amide bonds. The van der Waals surface area contributed by atoms with E-state index in [1.807, 2.05) is 25.1 Å². The summed E-state index contributed by atoms with van der Waals surface area (Å²) in [6.45, 7) is 2.02. The fourth-order valence-electron chi connectivity index (χ4n) is 3.81. The number of hydrogen-bond acceptors (Lipinski definition) is 2. The van der Waals surface area contributed by atoms with Gasteiger partial charge in [-0.3, -0.25) is 4.79 Å². The summed E-state index contributed by atoms with van der Waals surface area (Å²) in [6, 6.07) is 7.52. The zero-order valence-corrected chi connectivity index (χ0v) is 14.3. The Labute approximate surface area is 135 Å². The smallest absolute Gasteiger partial charge is 0.252 e. The highest BCUT2D eigenvalue weighted by molar-refractivity contribution is 9.10. The van der Waals surface area contributed by atoms with Gasteiger partial charge in [0.15, 0.2) is 0 Å². The van der Waals surface area contributed by atoms with Crippen molar-refractivity contribution in [3.63, 3.8) is 0 Å². The van der Waals surface area contributed by atoms with Crippen molar-refractivity contribution in [1.82, 2.24) is 10.2 Å². The molecule has 4 heteroatoms. The van der Waals surface area contributed by atoms with Gasteiger partial charge >= 0.3 is 0 Å². The standard InChI is InChI=1S/C17H23BrN2O/c1-11-6-7-16(18)15(8-11)17(21)19-12-9-13-4-3-5-14(10-12)20(13)2/h6-8,12-14H,3-5,9-10H2,1-2H3,(H,19,21). The molecular formula is C17H23BrN2O. The molecule has 2 saturated heterocycles. The molecule has 114 valence electrons. The first-order valence-corrected chi connectivity index (χ1v) is 8.63. The molecule has 1 aromatic rings. The van der Waals surface area contributed by atoms with Crippen molar-refractivity contribution in [3.8, 4) is 0 Å². The van der Waals surface area contributed by atoms with Gasteiger partial charge in [-0.1, -0.05) is 18.1 Å². The number of aryl methyl sites for hydroxylation is 1. The highest BCUT2D eigenvalue weighted by Gasteiger charge is 2.36. The van der Waals surface area contributed by atoms with E-state index in [4.69, 9.17) is 0 Å². The van der Waals surface area contributed by atoms with Gasteiger partial charge in [0.1, 0.15) is 0 Å². The summed E-state index contributed by atoms with van der Waals surface area (Å²) in [5, 5.41) is 3.26. The number of benzene rings is 1. The van der Waals surface area contributed by atoms with Gasteiger partial charge in [-0.15, -0.1) is 0 Å². The number of piperidine rings is 2. The fraction of sp³-hybridized carbons (Fsp3) is 0.588. The van der Waals surface area contributed by atoms with E-state index in [-0.39, 0.29) is 5.91 Å². The Morgan fingerprint density at radius 1 is 1.29 bits per heavy atom. The first kappa shape index (κ1) is 15.0. The summed E-state index contributed by atoms with van der Waals surface area (Å²) in [6.07, 6.45) is 6.05. The van der Waals surface area contributed by atoms with Gasteiger partial charge in [0, 0.05) is 22.6 Å². The van der Waals surface area contributed by atoms with Gasteiger partial charge in [-0.25, -0.2) is 0 Å². The van der Waals surface area contributed by atoms with E-state index < -0.39 is 0 Å². The second kappa shape index (κ2) is 6.09. The lowest BCUT2D eigenvalue weighted by Gasteiger charge is -2.47. The minimum atomic E-state index is 0.0539. The van der Waals surface area contributed by atoms with E-state index >= 15 is 0 Å². The first-order valence-electron chi connectivity index (χ1n) is 7.83. The minimum Gasteiger partial charge on any atom is -0.349 e. The molecule has 2 aliphatic heterocycles. The molecule has 2 fully saturated rings. The molecule has 2 heterocycles. The molecule has 2 unspecified atom stereocenters. The van der Waals surface area contributed by atoms with Crippen molar-refractivity contribution >= 4 is 21.8 Å². The zero-order chi connectivity index (χ0) is 15.0. The lowest BCUT2D eigenvalue weighted by molar-refractivity contribution is 0.0463. The molecular weight excluding hydrogens is 328 g/mol. The number of nitrogens with zero attached hydrogens (tertiary/aromatic N) is 1. The SMILES string of the molecule is Cc1ccc(Br)c(C(=O)NC2CC3CCCC(C2)N3C)c1.